The highest BCUT2D eigenvalue weighted by molar-refractivity contribution is 7.90. The Morgan fingerprint density at radius 2 is 1.96 bits per heavy atom. The molecule has 0 heterocycles. The minimum absolute atomic E-state index is 0.108. The van der Waals surface area contributed by atoms with Gasteiger partial charge < -0.3 is 10.6 Å². The minimum atomic E-state index is -3.02. The maximum Gasteiger partial charge on any atom is 0.191 e. The molecule has 8 heteroatoms. The summed E-state index contributed by atoms with van der Waals surface area (Å²) in [5.41, 5.74) is 0.0452. The third kappa shape index (κ3) is 8.12. The van der Waals surface area contributed by atoms with E-state index in [0.717, 1.165) is 6.07 Å². The maximum absolute atomic E-state index is 13.9. The standard InChI is InChI=1S/C18H29F2N3O2S/c1-6-21-17(22-12-18(3,4)9-10-26(5,24)25)23-13(2)15-8-7-14(19)11-16(15)20/h7-8,11,13H,6,9-10,12H2,1-5H3,(H2,21,22,23). The molecule has 0 saturated heterocycles. The quantitative estimate of drug-likeness (QED) is 0.530. The molecule has 1 unspecified atom stereocenters. The lowest BCUT2D eigenvalue weighted by Gasteiger charge is -2.24. The van der Waals surface area contributed by atoms with E-state index in [-0.39, 0.29) is 11.2 Å². The first-order valence-corrected chi connectivity index (χ1v) is 10.7. The molecule has 2 N–H and O–H groups in total. The molecule has 0 amide bonds. The number of guanidine groups is 1. The number of nitrogens with one attached hydrogen (secondary N) is 2. The van der Waals surface area contributed by atoms with Crippen LogP contribution in [0.4, 0.5) is 8.78 Å². The van der Waals surface area contributed by atoms with Gasteiger partial charge in [0.15, 0.2) is 5.96 Å². The van der Waals surface area contributed by atoms with Crippen LogP contribution < -0.4 is 10.6 Å². The van der Waals surface area contributed by atoms with Crippen LogP contribution in [0, 0.1) is 17.0 Å². The molecule has 0 bridgehead atoms. The maximum atomic E-state index is 13.9. The van der Waals surface area contributed by atoms with Crippen molar-refractivity contribution in [1.82, 2.24) is 10.6 Å². The Balaban J connectivity index is 2.82. The van der Waals surface area contributed by atoms with Gasteiger partial charge in [-0.2, -0.15) is 0 Å². The number of hydrogen-bond donors (Lipinski definition) is 2. The number of benzene rings is 1. The van der Waals surface area contributed by atoms with E-state index in [4.69, 9.17) is 0 Å². The molecule has 5 nitrogen and oxygen atoms in total. The molecular weight excluding hydrogens is 360 g/mol. The van der Waals surface area contributed by atoms with Crippen molar-refractivity contribution in [1.29, 1.82) is 0 Å². The van der Waals surface area contributed by atoms with Crippen molar-refractivity contribution in [2.24, 2.45) is 10.4 Å². The molecule has 1 rings (SSSR count). The fourth-order valence-corrected chi connectivity index (χ4v) is 3.21. The third-order valence-corrected chi connectivity index (χ3v) is 4.89. The normalized spacial score (nSPS) is 14.2. The number of hydrogen-bond acceptors (Lipinski definition) is 3. The predicted molar refractivity (Wildman–Crippen MR) is 102 cm³/mol. The largest absolute Gasteiger partial charge is 0.357 e. The number of aliphatic imine (C=N–C) groups is 1. The molecule has 26 heavy (non-hydrogen) atoms. The molecule has 0 aliphatic heterocycles. The summed E-state index contributed by atoms with van der Waals surface area (Å²) in [5.74, 6) is -0.631. The molecule has 1 atom stereocenters. The highest BCUT2D eigenvalue weighted by atomic mass is 32.2. The molecule has 0 aliphatic carbocycles. The van der Waals surface area contributed by atoms with E-state index < -0.39 is 27.5 Å². The average molecular weight is 390 g/mol. The molecule has 0 aromatic heterocycles. The highest BCUT2D eigenvalue weighted by Crippen LogP contribution is 2.22. The van der Waals surface area contributed by atoms with Crippen LogP contribution in [0.2, 0.25) is 0 Å². The molecule has 0 fully saturated rings. The van der Waals surface area contributed by atoms with Gasteiger partial charge in [-0.05, 0) is 31.7 Å². The zero-order valence-electron chi connectivity index (χ0n) is 16.1. The summed E-state index contributed by atoms with van der Waals surface area (Å²) in [6.45, 7) is 8.61. The summed E-state index contributed by atoms with van der Waals surface area (Å²) in [6, 6.07) is 3.07. The van der Waals surface area contributed by atoms with Crippen molar-refractivity contribution in [3.05, 3.63) is 35.4 Å². The van der Waals surface area contributed by atoms with Crippen LogP contribution in [0.25, 0.3) is 0 Å². The van der Waals surface area contributed by atoms with Crippen LogP contribution in [-0.2, 0) is 9.84 Å². The first kappa shape index (κ1) is 22.3. The van der Waals surface area contributed by atoms with Crippen LogP contribution >= 0.6 is 0 Å². The van der Waals surface area contributed by atoms with Gasteiger partial charge in [0.2, 0.25) is 0 Å². The number of halogens is 2. The smallest absolute Gasteiger partial charge is 0.191 e. The molecule has 0 aliphatic rings. The third-order valence-electron chi connectivity index (χ3n) is 3.94. The van der Waals surface area contributed by atoms with Gasteiger partial charge in [-0.25, -0.2) is 17.2 Å². The zero-order valence-corrected chi connectivity index (χ0v) is 16.9. The average Bonchev–Trinajstić information content (AvgIpc) is 2.50. The predicted octanol–water partition coefficient (Wildman–Crippen LogP) is 3.04. The Kier molecular flexibility index (Phi) is 7.99. The monoisotopic (exact) mass is 389 g/mol. The van der Waals surface area contributed by atoms with Crippen molar-refractivity contribution in [3.63, 3.8) is 0 Å². The molecule has 0 spiro atoms. The molecule has 0 radical (unpaired) electrons. The lowest BCUT2D eigenvalue weighted by Crippen LogP contribution is -2.39. The molecular formula is C18H29F2N3O2S. The van der Waals surface area contributed by atoms with Gasteiger partial charge in [-0.3, -0.25) is 4.99 Å². The number of sulfone groups is 1. The Morgan fingerprint density at radius 1 is 1.31 bits per heavy atom. The van der Waals surface area contributed by atoms with Gasteiger partial charge in [0.25, 0.3) is 0 Å². The van der Waals surface area contributed by atoms with E-state index in [1.807, 2.05) is 20.8 Å². The molecule has 0 saturated carbocycles. The van der Waals surface area contributed by atoms with Crippen LogP contribution in [0.15, 0.2) is 23.2 Å². The summed E-state index contributed by atoms with van der Waals surface area (Å²) < 4.78 is 49.7. The van der Waals surface area contributed by atoms with Gasteiger partial charge in [0, 0.05) is 31.0 Å². The Hall–Kier alpha value is -1.70. The van der Waals surface area contributed by atoms with Crippen molar-refractivity contribution >= 4 is 15.8 Å². The van der Waals surface area contributed by atoms with Gasteiger partial charge in [0.05, 0.1) is 11.8 Å². The van der Waals surface area contributed by atoms with Gasteiger partial charge in [0.1, 0.15) is 21.5 Å². The minimum Gasteiger partial charge on any atom is -0.357 e. The molecule has 1 aromatic carbocycles. The van der Waals surface area contributed by atoms with Crippen LogP contribution in [-0.4, -0.2) is 39.5 Å². The Morgan fingerprint density at radius 3 is 2.50 bits per heavy atom. The van der Waals surface area contributed by atoms with Crippen molar-refractivity contribution < 1.29 is 17.2 Å². The summed E-state index contributed by atoms with van der Waals surface area (Å²) in [5, 5.41) is 6.18. The van der Waals surface area contributed by atoms with Crippen molar-refractivity contribution in [3.8, 4) is 0 Å². The number of rotatable bonds is 8. The summed E-state index contributed by atoms with van der Waals surface area (Å²) in [6.07, 6.45) is 1.72. The molecule has 1 aromatic rings. The summed E-state index contributed by atoms with van der Waals surface area (Å²) in [4.78, 5) is 4.50. The first-order valence-electron chi connectivity index (χ1n) is 8.61. The van der Waals surface area contributed by atoms with Gasteiger partial charge in [-0.15, -0.1) is 0 Å². The van der Waals surface area contributed by atoms with E-state index in [1.54, 1.807) is 6.92 Å². The zero-order chi connectivity index (χ0) is 20.0. The van der Waals surface area contributed by atoms with E-state index >= 15 is 0 Å². The lowest BCUT2D eigenvalue weighted by molar-refractivity contribution is 0.365. The second-order valence-electron chi connectivity index (χ2n) is 7.27. The van der Waals surface area contributed by atoms with Crippen molar-refractivity contribution in [2.75, 3.05) is 25.1 Å². The van der Waals surface area contributed by atoms with Gasteiger partial charge >= 0.3 is 0 Å². The Bertz CT molecular complexity index is 734. The van der Waals surface area contributed by atoms with E-state index in [9.17, 15) is 17.2 Å². The van der Waals surface area contributed by atoms with Crippen molar-refractivity contribution in [2.45, 2.75) is 40.2 Å². The first-order chi connectivity index (χ1) is 11.9. The SMILES string of the molecule is CCNC(=NCC(C)(C)CCS(C)(=O)=O)NC(C)c1ccc(F)cc1F. The van der Waals surface area contributed by atoms with E-state index in [2.05, 4.69) is 15.6 Å². The number of nitrogens with zero attached hydrogens (tertiary/aromatic N) is 1. The Labute approximate surface area is 155 Å². The van der Waals surface area contributed by atoms with Crippen LogP contribution in [0.5, 0.6) is 0 Å². The van der Waals surface area contributed by atoms with Gasteiger partial charge in [-0.1, -0.05) is 19.9 Å². The van der Waals surface area contributed by atoms with Crippen LogP contribution in [0.1, 0.15) is 45.7 Å². The second-order valence-corrected chi connectivity index (χ2v) is 9.53. The van der Waals surface area contributed by atoms with Crippen LogP contribution in [0.3, 0.4) is 0 Å². The van der Waals surface area contributed by atoms with E-state index in [0.29, 0.717) is 31.0 Å². The second kappa shape index (κ2) is 9.30. The summed E-state index contributed by atoms with van der Waals surface area (Å²) in [7, 11) is -3.02. The highest BCUT2D eigenvalue weighted by Gasteiger charge is 2.21. The summed E-state index contributed by atoms with van der Waals surface area (Å²) >= 11 is 0. The topological polar surface area (TPSA) is 70.6 Å². The van der Waals surface area contributed by atoms with E-state index in [1.165, 1.54) is 18.4 Å². The fraction of sp³-hybridized carbons (Fsp3) is 0.611. The lowest BCUT2D eigenvalue weighted by atomic mass is 9.90. The fourth-order valence-electron chi connectivity index (χ4n) is 2.29. The molecule has 148 valence electrons.